The number of methoxy groups -OCH3 is 1. The standard InChI is InChI=1S/C16H26N2O/c1-3-15(13-19-2)17-16-8-6-14(7-9-16)12-18-10-4-5-11-18/h6-9,15,17H,3-5,10-13H2,1-2H3. The molecule has 0 bridgehead atoms. The van der Waals surface area contributed by atoms with Crippen molar-refractivity contribution in [3.8, 4) is 0 Å². The molecule has 0 amide bonds. The third-order valence-corrected chi connectivity index (χ3v) is 3.79. The molecule has 1 fully saturated rings. The summed E-state index contributed by atoms with van der Waals surface area (Å²) in [5, 5.41) is 3.51. The van der Waals surface area contributed by atoms with Gasteiger partial charge in [-0.25, -0.2) is 0 Å². The van der Waals surface area contributed by atoms with Gasteiger partial charge < -0.3 is 10.1 Å². The molecule has 1 unspecified atom stereocenters. The summed E-state index contributed by atoms with van der Waals surface area (Å²) in [5.74, 6) is 0. The molecule has 0 radical (unpaired) electrons. The summed E-state index contributed by atoms with van der Waals surface area (Å²) in [4.78, 5) is 2.53. The third kappa shape index (κ3) is 4.51. The molecule has 106 valence electrons. The van der Waals surface area contributed by atoms with Gasteiger partial charge in [0.15, 0.2) is 0 Å². The first-order chi connectivity index (χ1) is 9.31. The number of anilines is 1. The number of rotatable bonds is 7. The maximum absolute atomic E-state index is 5.21. The first kappa shape index (κ1) is 14.4. The summed E-state index contributed by atoms with van der Waals surface area (Å²) in [7, 11) is 1.75. The highest BCUT2D eigenvalue weighted by Crippen LogP contribution is 2.16. The van der Waals surface area contributed by atoms with E-state index in [4.69, 9.17) is 4.74 Å². The van der Waals surface area contributed by atoms with Crippen molar-refractivity contribution >= 4 is 5.69 Å². The minimum Gasteiger partial charge on any atom is -0.383 e. The van der Waals surface area contributed by atoms with E-state index in [2.05, 4.69) is 41.4 Å². The van der Waals surface area contributed by atoms with Gasteiger partial charge >= 0.3 is 0 Å². The Hall–Kier alpha value is -1.06. The smallest absolute Gasteiger partial charge is 0.0663 e. The van der Waals surface area contributed by atoms with Crippen LogP contribution in [0.5, 0.6) is 0 Å². The van der Waals surface area contributed by atoms with Gasteiger partial charge in [0.2, 0.25) is 0 Å². The Morgan fingerprint density at radius 3 is 2.47 bits per heavy atom. The Bertz CT molecular complexity index is 358. The molecule has 1 aliphatic heterocycles. The Labute approximate surface area is 116 Å². The zero-order chi connectivity index (χ0) is 13.5. The van der Waals surface area contributed by atoms with Crippen molar-refractivity contribution in [2.75, 3.05) is 32.1 Å². The molecule has 3 heteroatoms. The largest absolute Gasteiger partial charge is 0.383 e. The van der Waals surface area contributed by atoms with Crippen molar-refractivity contribution in [1.82, 2.24) is 4.90 Å². The predicted molar refractivity (Wildman–Crippen MR) is 80.5 cm³/mol. The molecule has 0 aliphatic carbocycles. The molecule has 3 nitrogen and oxygen atoms in total. The summed E-state index contributed by atoms with van der Waals surface area (Å²) in [5.41, 5.74) is 2.60. The van der Waals surface area contributed by atoms with E-state index in [0.29, 0.717) is 6.04 Å². The molecule has 1 N–H and O–H groups in total. The van der Waals surface area contributed by atoms with Crippen molar-refractivity contribution in [3.63, 3.8) is 0 Å². The lowest BCUT2D eigenvalue weighted by molar-refractivity contribution is 0.184. The number of nitrogens with one attached hydrogen (secondary N) is 1. The van der Waals surface area contributed by atoms with Crippen LogP contribution >= 0.6 is 0 Å². The lowest BCUT2D eigenvalue weighted by Crippen LogP contribution is -2.23. The second-order valence-corrected chi connectivity index (χ2v) is 5.39. The molecule has 0 saturated carbocycles. The van der Waals surface area contributed by atoms with Crippen molar-refractivity contribution in [3.05, 3.63) is 29.8 Å². The van der Waals surface area contributed by atoms with E-state index in [1.54, 1.807) is 7.11 Å². The monoisotopic (exact) mass is 262 g/mol. The fraction of sp³-hybridized carbons (Fsp3) is 0.625. The van der Waals surface area contributed by atoms with Gasteiger partial charge in [-0.1, -0.05) is 19.1 Å². The van der Waals surface area contributed by atoms with E-state index >= 15 is 0 Å². The SMILES string of the molecule is CCC(COC)Nc1ccc(CN2CCCC2)cc1. The van der Waals surface area contributed by atoms with E-state index in [1.807, 2.05) is 0 Å². The first-order valence-electron chi connectivity index (χ1n) is 7.38. The van der Waals surface area contributed by atoms with Crippen molar-refractivity contribution in [1.29, 1.82) is 0 Å². The second-order valence-electron chi connectivity index (χ2n) is 5.39. The maximum atomic E-state index is 5.21. The zero-order valence-electron chi connectivity index (χ0n) is 12.2. The van der Waals surface area contributed by atoms with Gasteiger partial charge in [-0.05, 0) is 50.0 Å². The Morgan fingerprint density at radius 1 is 1.21 bits per heavy atom. The number of hydrogen-bond donors (Lipinski definition) is 1. The highest BCUT2D eigenvalue weighted by atomic mass is 16.5. The lowest BCUT2D eigenvalue weighted by atomic mass is 10.1. The molecular formula is C16H26N2O. The molecule has 1 heterocycles. The zero-order valence-corrected chi connectivity index (χ0v) is 12.2. The topological polar surface area (TPSA) is 24.5 Å². The number of ether oxygens (including phenoxy) is 1. The van der Waals surface area contributed by atoms with Crippen LogP contribution in [0.1, 0.15) is 31.7 Å². The molecule has 0 aromatic heterocycles. The number of likely N-dealkylation sites (tertiary alicyclic amines) is 1. The van der Waals surface area contributed by atoms with Crippen LogP contribution in [0.4, 0.5) is 5.69 Å². The van der Waals surface area contributed by atoms with Gasteiger partial charge in [0.25, 0.3) is 0 Å². The van der Waals surface area contributed by atoms with Gasteiger partial charge in [-0.3, -0.25) is 4.90 Å². The maximum Gasteiger partial charge on any atom is 0.0663 e. The Balaban J connectivity index is 1.86. The van der Waals surface area contributed by atoms with Gasteiger partial charge in [-0.15, -0.1) is 0 Å². The molecule has 0 spiro atoms. The molecule has 1 aromatic carbocycles. The Morgan fingerprint density at radius 2 is 1.89 bits per heavy atom. The van der Waals surface area contributed by atoms with Crippen LogP contribution in [0, 0.1) is 0 Å². The molecule has 1 saturated heterocycles. The quantitative estimate of drug-likeness (QED) is 0.817. The van der Waals surface area contributed by atoms with Crippen LogP contribution in [-0.4, -0.2) is 37.7 Å². The van der Waals surface area contributed by atoms with Crippen LogP contribution in [0.25, 0.3) is 0 Å². The second kappa shape index (κ2) is 7.51. The fourth-order valence-corrected chi connectivity index (χ4v) is 2.60. The fourth-order valence-electron chi connectivity index (χ4n) is 2.60. The third-order valence-electron chi connectivity index (χ3n) is 3.79. The van der Waals surface area contributed by atoms with E-state index in [1.165, 1.54) is 37.2 Å². The minimum absolute atomic E-state index is 0.398. The van der Waals surface area contributed by atoms with Gasteiger partial charge in [0, 0.05) is 25.4 Å². The molecule has 2 rings (SSSR count). The van der Waals surface area contributed by atoms with Crippen LogP contribution in [-0.2, 0) is 11.3 Å². The molecular weight excluding hydrogens is 236 g/mol. The highest BCUT2D eigenvalue weighted by molar-refractivity contribution is 5.45. The van der Waals surface area contributed by atoms with Crippen LogP contribution < -0.4 is 5.32 Å². The summed E-state index contributed by atoms with van der Waals surface area (Å²) >= 11 is 0. The van der Waals surface area contributed by atoms with Crippen LogP contribution in [0.15, 0.2) is 24.3 Å². The van der Waals surface area contributed by atoms with E-state index < -0.39 is 0 Å². The lowest BCUT2D eigenvalue weighted by Gasteiger charge is -2.18. The first-order valence-corrected chi connectivity index (χ1v) is 7.38. The average molecular weight is 262 g/mol. The predicted octanol–water partition coefficient (Wildman–Crippen LogP) is 3.12. The molecule has 19 heavy (non-hydrogen) atoms. The Kier molecular flexibility index (Phi) is 5.67. The van der Waals surface area contributed by atoms with E-state index in [0.717, 1.165) is 19.6 Å². The number of nitrogens with zero attached hydrogens (tertiary/aromatic N) is 1. The van der Waals surface area contributed by atoms with Crippen LogP contribution in [0.3, 0.4) is 0 Å². The molecule has 1 aliphatic rings. The minimum atomic E-state index is 0.398. The van der Waals surface area contributed by atoms with Gasteiger partial charge in [-0.2, -0.15) is 0 Å². The average Bonchev–Trinajstić information content (AvgIpc) is 2.93. The van der Waals surface area contributed by atoms with Crippen molar-refractivity contribution in [2.24, 2.45) is 0 Å². The molecule has 1 aromatic rings. The van der Waals surface area contributed by atoms with Gasteiger partial charge in [0.05, 0.1) is 6.61 Å². The van der Waals surface area contributed by atoms with E-state index in [-0.39, 0.29) is 0 Å². The van der Waals surface area contributed by atoms with Crippen LogP contribution in [0.2, 0.25) is 0 Å². The van der Waals surface area contributed by atoms with E-state index in [9.17, 15) is 0 Å². The summed E-state index contributed by atoms with van der Waals surface area (Å²) in [6.45, 7) is 6.54. The highest BCUT2D eigenvalue weighted by Gasteiger charge is 2.11. The van der Waals surface area contributed by atoms with Crippen molar-refractivity contribution < 1.29 is 4.74 Å². The summed E-state index contributed by atoms with van der Waals surface area (Å²) in [6, 6.07) is 9.24. The van der Waals surface area contributed by atoms with Gasteiger partial charge in [0.1, 0.15) is 0 Å². The van der Waals surface area contributed by atoms with Crippen molar-refractivity contribution in [2.45, 2.75) is 38.8 Å². The number of hydrogen-bond acceptors (Lipinski definition) is 3. The number of benzene rings is 1. The summed E-state index contributed by atoms with van der Waals surface area (Å²) in [6.07, 6.45) is 3.78. The molecule has 1 atom stereocenters. The summed E-state index contributed by atoms with van der Waals surface area (Å²) < 4.78 is 5.21. The normalized spacial score (nSPS) is 17.6.